The van der Waals surface area contributed by atoms with Gasteiger partial charge in [0, 0.05) is 43.9 Å². The number of aromatic nitrogens is 1. The van der Waals surface area contributed by atoms with Crippen molar-refractivity contribution < 1.29 is 4.79 Å². The molecule has 4 heteroatoms. The van der Waals surface area contributed by atoms with Crippen LogP contribution in [0.3, 0.4) is 0 Å². The van der Waals surface area contributed by atoms with E-state index in [2.05, 4.69) is 16.0 Å². The lowest BCUT2D eigenvalue weighted by Crippen LogP contribution is -2.50. The summed E-state index contributed by atoms with van der Waals surface area (Å²) in [6, 6.07) is 4.87. The molecule has 3 fully saturated rings. The first-order chi connectivity index (χ1) is 11.8. The van der Waals surface area contributed by atoms with Crippen LogP contribution in [-0.2, 0) is 4.79 Å². The average Bonchev–Trinajstić information content (AvgIpc) is 2.59. The van der Waals surface area contributed by atoms with Crippen molar-refractivity contribution in [1.82, 2.24) is 14.8 Å². The van der Waals surface area contributed by atoms with E-state index in [4.69, 9.17) is 0 Å². The van der Waals surface area contributed by atoms with Gasteiger partial charge in [-0.05, 0) is 62.7 Å². The Hall–Kier alpha value is -1.42. The molecule has 3 aliphatic heterocycles. The van der Waals surface area contributed by atoms with Crippen LogP contribution < -0.4 is 0 Å². The summed E-state index contributed by atoms with van der Waals surface area (Å²) in [6.07, 6.45) is 12.3. The number of fused-ring (bicyclic) bond motifs is 1. The van der Waals surface area contributed by atoms with E-state index < -0.39 is 0 Å². The van der Waals surface area contributed by atoms with Crippen LogP contribution in [0.5, 0.6) is 0 Å². The number of carbonyl (C=O) groups excluding carboxylic acids is 1. The Morgan fingerprint density at radius 1 is 1.17 bits per heavy atom. The zero-order chi connectivity index (χ0) is 16.4. The van der Waals surface area contributed by atoms with Crippen LogP contribution in [0.25, 0.3) is 0 Å². The Morgan fingerprint density at radius 2 is 2.04 bits per heavy atom. The van der Waals surface area contributed by atoms with Crippen molar-refractivity contribution in [3.63, 3.8) is 0 Å². The second-order valence-electron chi connectivity index (χ2n) is 7.82. The van der Waals surface area contributed by atoms with Crippen molar-refractivity contribution in [2.24, 2.45) is 5.92 Å². The Bertz CT molecular complexity index is 553. The summed E-state index contributed by atoms with van der Waals surface area (Å²) < 4.78 is 0. The highest BCUT2D eigenvalue weighted by Gasteiger charge is 2.35. The van der Waals surface area contributed by atoms with Gasteiger partial charge in [-0.1, -0.05) is 12.5 Å². The van der Waals surface area contributed by atoms with Crippen molar-refractivity contribution in [2.75, 3.05) is 26.2 Å². The van der Waals surface area contributed by atoms with Crippen molar-refractivity contribution >= 4 is 5.91 Å². The molecule has 0 aliphatic carbocycles. The van der Waals surface area contributed by atoms with Gasteiger partial charge < -0.3 is 9.80 Å². The van der Waals surface area contributed by atoms with Gasteiger partial charge in [-0.15, -0.1) is 0 Å². The summed E-state index contributed by atoms with van der Waals surface area (Å²) >= 11 is 0. The molecule has 1 aromatic rings. The maximum Gasteiger partial charge on any atom is 0.222 e. The van der Waals surface area contributed by atoms with Gasteiger partial charge in [-0.3, -0.25) is 9.78 Å². The molecule has 2 atom stereocenters. The molecule has 4 heterocycles. The highest BCUT2D eigenvalue weighted by atomic mass is 16.2. The third kappa shape index (κ3) is 3.34. The number of nitrogens with zero attached hydrogens (tertiary/aromatic N) is 3. The third-order valence-electron chi connectivity index (χ3n) is 6.35. The second kappa shape index (κ2) is 7.22. The Balaban J connectivity index is 1.24. The van der Waals surface area contributed by atoms with E-state index in [0.29, 0.717) is 11.8 Å². The third-order valence-corrected chi connectivity index (χ3v) is 6.35. The van der Waals surface area contributed by atoms with Crippen molar-refractivity contribution in [1.29, 1.82) is 0 Å². The lowest BCUT2D eigenvalue weighted by Gasteiger charge is -2.45. The Kier molecular flexibility index (Phi) is 4.83. The van der Waals surface area contributed by atoms with E-state index in [0.717, 1.165) is 37.9 Å². The van der Waals surface area contributed by atoms with E-state index in [1.54, 1.807) is 0 Å². The maximum atomic E-state index is 12.5. The van der Waals surface area contributed by atoms with E-state index in [-0.39, 0.29) is 0 Å². The van der Waals surface area contributed by atoms with E-state index in [1.165, 1.54) is 50.8 Å². The van der Waals surface area contributed by atoms with Gasteiger partial charge >= 0.3 is 0 Å². The molecule has 3 aliphatic rings. The van der Waals surface area contributed by atoms with Crippen LogP contribution in [0, 0.1) is 5.92 Å². The highest BCUT2D eigenvalue weighted by Crippen LogP contribution is 2.34. The van der Waals surface area contributed by atoms with Crippen LogP contribution in [0.2, 0.25) is 0 Å². The first-order valence-corrected chi connectivity index (χ1v) is 9.73. The number of hydrogen-bond donors (Lipinski definition) is 0. The lowest BCUT2D eigenvalue weighted by molar-refractivity contribution is -0.136. The summed E-state index contributed by atoms with van der Waals surface area (Å²) in [5.74, 6) is 1.60. The fourth-order valence-corrected chi connectivity index (χ4v) is 4.89. The first kappa shape index (κ1) is 16.1. The summed E-state index contributed by atoms with van der Waals surface area (Å²) in [4.78, 5) is 21.4. The summed E-state index contributed by atoms with van der Waals surface area (Å²) in [5.41, 5.74) is 1.27. The zero-order valence-electron chi connectivity index (χ0n) is 14.6. The van der Waals surface area contributed by atoms with Crippen molar-refractivity contribution in [3.8, 4) is 0 Å². The second-order valence-corrected chi connectivity index (χ2v) is 7.82. The maximum absolute atomic E-state index is 12.5. The first-order valence-electron chi connectivity index (χ1n) is 9.73. The predicted octanol–water partition coefficient (Wildman–Crippen LogP) is 3.05. The Labute approximate surface area is 145 Å². The van der Waals surface area contributed by atoms with Gasteiger partial charge in [0.2, 0.25) is 5.91 Å². The fourth-order valence-electron chi connectivity index (χ4n) is 4.89. The minimum atomic E-state index is 0.364. The fraction of sp³-hybridized carbons (Fsp3) is 0.700. The standard InChI is InChI=1S/C20H29N3O/c24-20(23-14-18(15-23)17-5-3-10-21-13-17)9-8-16-6-4-12-22-11-2-1-7-19(16)22/h3,5,10,13,16,18-19H,1-2,4,6-9,11-12,14-15H2/t16-,19+/m0/s1. The topological polar surface area (TPSA) is 36.4 Å². The van der Waals surface area contributed by atoms with Gasteiger partial charge in [-0.2, -0.15) is 0 Å². The minimum absolute atomic E-state index is 0.364. The van der Waals surface area contributed by atoms with Crippen molar-refractivity contribution in [2.45, 2.75) is 56.9 Å². The summed E-state index contributed by atoms with van der Waals surface area (Å²) in [7, 11) is 0. The molecule has 0 radical (unpaired) electrons. The molecule has 0 unspecified atom stereocenters. The van der Waals surface area contributed by atoms with E-state index in [9.17, 15) is 4.79 Å². The van der Waals surface area contributed by atoms with E-state index in [1.807, 2.05) is 23.4 Å². The molecule has 4 nitrogen and oxygen atoms in total. The number of piperidine rings is 2. The molecule has 0 N–H and O–H groups in total. The number of likely N-dealkylation sites (tertiary alicyclic amines) is 1. The van der Waals surface area contributed by atoms with E-state index >= 15 is 0 Å². The summed E-state index contributed by atoms with van der Waals surface area (Å²) in [6.45, 7) is 4.33. The van der Waals surface area contributed by atoms with Gasteiger partial charge in [0.15, 0.2) is 0 Å². The molecule has 24 heavy (non-hydrogen) atoms. The normalized spacial score (nSPS) is 28.2. The van der Waals surface area contributed by atoms with Gasteiger partial charge in [-0.25, -0.2) is 0 Å². The van der Waals surface area contributed by atoms with Gasteiger partial charge in [0.05, 0.1) is 0 Å². The van der Waals surface area contributed by atoms with Crippen LogP contribution >= 0.6 is 0 Å². The van der Waals surface area contributed by atoms with Crippen LogP contribution in [-0.4, -0.2) is 52.9 Å². The molecule has 130 valence electrons. The number of carbonyl (C=O) groups is 1. The van der Waals surface area contributed by atoms with Crippen LogP contribution in [0.4, 0.5) is 0 Å². The molecule has 3 saturated heterocycles. The lowest BCUT2D eigenvalue weighted by atomic mass is 9.81. The van der Waals surface area contributed by atoms with Gasteiger partial charge in [0.1, 0.15) is 0 Å². The van der Waals surface area contributed by atoms with Crippen LogP contribution in [0.15, 0.2) is 24.5 Å². The Morgan fingerprint density at radius 3 is 2.88 bits per heavy atom. The molecular weight excluding hydrogens is 298 g/mol. The molecule has 0 spiro atoms. The molecule has 1 amide bonds. The van der Waals surface area contributed by atoms with Gasteiger partial charge in [0.25, 0.3) is 0 Å². The average molecular weight is 327 g/mol. The molecular formula is C20H29N3O. The largest absolute Gasteiger partial charge is 0.341 e. The number of amides is 1. The monoisotopic (exact) mass is 327 g/mol. The van der Waals surface area contributed by atoms with Crippen LogP contribution in [0.1, 0.15) is 56.4 Å². The summed E-state index contributed by atoms with van der Waals surface area (Å²) in [5, 5.41) is 0. The van der Waals surface area contributed by atoms with Crippen molar-refractivity contribution in [3.05, 3.63) is 30.1 Å². The molecule has 4 rings (SSSR count). The molecule has 0 aromatic carbocycles. The molecule has 0 bridgehead atoms. The molecule has 1 aromatic heterocycles. The SMILES string of the molecule is O=C(CC[C@@H]1CCCN2CCCC[C@H]12)N1CC(c2cccnc2)C1. The number of hydrogen-bond acceptors (Lipinski definition) is 3. The molecule has 0 saturated carbocycles. The highest BCUT2D eigenvalue weighted by molar-refractivity contribution is 5.77. The minimum Gasteiger partial charge on any atom is -0.341 e. The predicted molar refractivity (Wildman–Crippen MR) is 94.7 cm³/mol. The number of rotatable bonds is 4. The quantitative estimate of drug-likeness (QED) is 0.853. The number of pyridine rings is 1. The smallest absolute Gasteiger partial charge is 0.222 e. The zero-order valence-corrected chi connectivity index (χ0v) is 14.6.